The summed E-state index contributed by atoms with van der Waals surface area (Å²) >= 11 is 1.91. The van der Waals surface area contributed by atoms with E-state index in [1.165, 1.54) is 62.5 Å². The molecule has 0 radical (unpaired) electrons. The van der Waals surface area contributed by atoms with Crippen LogP contribution in [0.2, 0.25) is 0 Å². The predicted molar refractivity (Wildman–Crippen MR) is 124 cm³/mol. The van der Waals surface area contributed by atoms with Crippen LogP contribution < -0.4 is 0 Å². The molecular weight excluding hydrogens is 362 g/mol. The van der Waals surface area contributed by atoms with Crippen LogP contribution in [-0.2, 0) is 10.2 Å². The van der Waals surface area contributed by atoms with Crippen molar-refractivity contribution >= 4 is 17.7 Å². The molecule has 1 heterocycles. The third-order valence-electron chi connectivity index (χ3n) is 5.77. The summed E-state index contributed by atoms with van der Waals surface area (Å²) in [6.07, 6.45) is 12.4. The summed E-state index contributed by atoms with van der Waals surface area (Å²) in [6.45, 7) is 9.89. The Morgan fingerprint density at radius 3 is 2.11 bits per heavy atom. The van der Waals surface area contributed by atoms with Crippen LogP contribution >= 0.6 is 11.8 Å². The van der Waals surface area contributed by atoms with Crippen LogP contribution in [0.15, 0.2) is 24.3 Å². The van der Waals surface area contributed by atoms with Crippen LogP contribution in [0, 0.1) is 0 Å². The molecule has 1 aromatic carbocycles. The zero-order valence-corrected chi connectivity index (χ0v) is 19.5. The number of thioether (sulfide) groups is 1. The maximum Gasteiger partial charge on any atom is 0.223 e. The molecule has 2 rings (SSSR count). The molecule has 1 aliphatic rings. The minimum atomic E-state index is 0.173. The van der Waals surface area contributed by atoms with E-state index in [4.69, 9.17) is 0 Å². The van der Waals surface area contributed by atoms with Gasteiger partial charge >= 0.3 is 0 Å². The summed E-state index contributed by atoms with van der Waals surface area (Å²) in [6, 6.07) is 8.92. The topological polar surface area (TPSA) is 20.3 Å². The van der Waals surface area contributed by atoms with Gasteiger partial charge in [-0.2, -0.15) is 0 Å². The maximum atomic E-state index is 12.8. The van der Waals surface area contributed by atoms with Gasteiger partial charge in [0.25, 0.3) is 0 Å². The lowest BCUT2D eigenvalue weighted by Crippen LogP contribution is -2.30. The summed E-state index contributed by atoms with van der Waals surface area (Å²) in [4.78, 5) is 14.9. The monoisotopic (exact) mass is 403 g/mol. The minimum absolute atomic E-state index is 0.173. The lowest BCUT2D eigenvalue weighted by atomic mass is 9.86. The van der Waals surface area contributed by atoms with Gasteiger partial charge in [-0.3, -0.25) is 4.79 Å². The van der Waals surface area contributed by atoms with Crippen LogP contribution in [0.5, 0.6) is 0 Å². The van der Waals surface area contributed by atoms with Gasteiger partial charge in [-0.05, 0) is 23.0 Å². The summed E-state index contributed by atoms with van der Waals surface area (Å²) in [5.41, 5.74) is 2.80. The van der Waals surface area contributed by atoms with Crippen molar-refractivity contribution in [2.24, 2.45) is 0 Å². The number of rotatable bonds is 11. The largest absolute Gasteiger partial charge is 0.326 e. The number of carbonyl (C=O) groups is 1. The third kappa shape index (κ3) is 7.46. The highest BCUT2D eigenvalue weighted by molar-refractivity contribution is 7.99. The molecule has 2 nitrogen and oxygen atoms in total. The molecule has 1 unspecified atom stereocenters. The Morgan fingerprint density at radius 1 is 0.964 bits per heavy atom. The lowest BCUT2D eigenvalue weighted by Gasteiger charge is -2.25. The maximum absolute atomic E-state index is 12.8. The molecule has 0 spiro atoms. The van der Waals surface area contributed by atoms with Crippen molar-refractivity contribution in [3.05, 3.63) is 35.4 Å². The van der Waals surface area contributed by atoms with Gasteiger partial charge in [0.2, 0.25) is 5.91 Å². The van der Waals surface area contributed by atoms with Gasteiger partial charge in [-0.1, -0.05) is 103 Å². The fourth-order valence-electron chi connectivity index (χ4n) is 3.88. The Labute approximate surface area is 177 Å². The molecular formula is C25H41NOS. The smallest absolute Gasteiger partial charge is 0.223 e. The molecule has 1 aliphatic heterocycles. The average Bonchev–Trinajstić information content (AvgIpc) is 3.16. The van der Waals surface area contributed by atoms with Gasteiger partial charge in [-0.15, -0.1) is 11.8 Å². The Hall–Kier alpha value is -0.960. The predicted octanol–water partition coefficient (Wildman–Crippen LogP) is 7.48. The quantitative estimate of drug-likeness (QED) is 0.357. The second kappa shape index (κ2) is 11.9. The van der Waals surface area contributed by atoms with Gasteiger partial charge in [0.1, 0.15) is 5.37 Å². The van der Waals surface area contributed by atoms with E-state index in [2.05, 4.69) is 56.9 Å². The second-order valence-corrected chi connectivity index (χ2v) is 10.4. The van der Waals surface area contributed by atoms with Gasteiger partial charge in [0.05, 0.1) is 0 Å². The molecule has 0 N–H and O–H groups in total. The van der Waals surface area contributed by atoms with Crippen molar-refractivity contribution in [3.63, 3.8) is 0 Å². The number of carbonyl (C=O) groups excluding carboxylic acids is 1. The number of unbranched alkanes of at least 4 members (excludes halogenated alkanes) is 8. The first-order chi connectivity index (χ1) is 13.4. The van der Waals surface area contributed by atoms with E-state index in [0.29, 0.717) is 12.3 Å². The molecule has 158 valence electrons. The number of hydrogen-bond acceptors (Lipinski definition) is 2. The van der Waals surface area contributed by atoms with Crippen molar-refractivity contribution in [2.75, 3.05) is 12.3 Å². The highest BCUT2D eigenvalue weighted by Crippen LogP contribution is 2.39. The molecule has 28 heavy (non-hydrogen) atoms. The summed E-state index contributed by atoms with van der Waals surface area (Å²) in [5.74, 6) is 1.40. The normalized spacial score (nSPS) is 17.3. The zero-order chi connectivity index (χ0) is 20.4. The minimum Gasteiger partial charge on any atom is -0.326 e. The van der Waals surface area contributed by atoms with Crippen molar-refractivity contribution in [1.29, 1.82) is 0 Å². The first-order valence-corrected chi connectivity index (χ1v) is 12.5. The van der Waals surface area contributed by atoms with E-state index >= 15 is 0 Å². The lowest BCUT2D eigenvalue weighted by molar-refractivity contribution is -0.131. The standard InChI is InChI=1S/C25H41NOS/c1-5-6-7-8-9-10-11-12-13-14-23(27)26-19-20-28-24(26)21-15-17-22(18-16-21)25(2,3)4/h15-18,24H,5-14,19-20H2,1-4H3. The Bertz CT molecular complexity index is 575. The molecule has 0 bridgehead atoms. The molecule has 0 aromatic heterocycles. The second-order valence-electron chi connectivity index (χ2n) is 9.26. The van der Waals surface area contributed by atoms with Crippen LogP contribution in [0.25, 0.3) is 0 Å². The van der Waals surface area contributed by atoms with Gasteiger partial charge < -0.3 is 4.90 Å². The van der Waals surface area contributed by atoms with E-state index in [1.54, 1.807) is 0 Å². The van der Waals surface area contributed by atoms with Crippen LogP contribution in [0.1, 0.15) is 108 Å². The van der Waals surface area contributed by atoms with Crippen molar-refractivity contribution < 1.29 is 4.79 Å². The summed E-state index contributed by atoms with van der Waals surface area (Å²) < 4.78 is 0. The Balaban J connectivity index is 1.72. The van der Waals surface area contributed by atoms with E-state index in [0.717, 1.165) is 18.7 Å². The summed E-state index contributed by atoms with van der Waals surface area (Å²) in [5, 5.41) is 0.208. The van der Waals surface area contributed by atoms with Crippen molar-refractivity contribution in [2.45, 2.75) is 103 Å². The number of amides is 1. The van der Waals surface area contributed by atoms with Gasteiger partial charge in [0.15, 0.2) is 0 Å². The summed E-state index contributed by atoms with van der Waals surface area (Å²) in [7, 11) is 0. The molecule has 1 saturated heterocycles. The molecule has 1 fully saturated rings. The van der Waals surface area contributed by atoms with Gasteiger partial charge in [0, 0.05) is 18.7 Å². The van der Waals surface area contributed by atoms with Crippen molar-refractivity contribution in [1.82, 2.24) is 4.90 Å². The molecule has 1 atom stereocenters. The molecule has 1 amide bonds. The molecule has 3 heteroatoms. The van der Waals surface area contributed by atoms with E-state index < -0.39 is 0 Å². The molecule has 0 aliphatic carbocycles. The van der Waals surface area contributed by atoms with Gasteiger partial charge in [-0.25, -0.2) is 0 Å². The van der Waals surface area contributed by atoms with Crippen LogP contribution in [-0.4, -0.2) is 23.1 Å². The molecule has 0 saturated carbocycles. The Morgan fingerprint density at radius 2 is 1.54 bits per heavy atom. The number of nitrogens with zero attached hydrogens (tertiary/aromatic N) is 1. The van der Waals surface area contributed by atoms with Crippen LogP contribution in [0.3, 0.4) is 0 Å². The average molecular weight is 404 g/mol. The van der Waals surface area contributed by atoms with Crippen molar-refractivity contribution in [3.8, 4) is 0 Å². The first kappa shape index (κ1) is 23.3. The fourth-order valence-corrected chi connectivity index (χ4v) is 5.16. The highest BCUT2D eigenvalue weighted by Gasteiger charge is 2.30. The van der Waals surface area contributed by atoms with E-state index in [1.807, 2.05) is 11.8 Å². The zero-order valence-electron chi connectivity index (χ0n) is 18.6. The highest BCUT2D eigenvalue weighted by atomic mass is 32.2. The third-order valence-corrected chi connectivity index (χ3v) is 7.03. The number of benzene rings is 1. The van der Waals surface area contributed by atoms with E-state index in [-0.39, 0.29) is 10.8 Å². The van der Waals surface area contributed by atoms with Crippen LogP contribution in [0.4, 0.5) is 0 Å². The molecule has 1 aromatic rings. The Kier molecular flexibility index (Phi) is 9.91. The number of hydrogen-bond donors (Lipinski definition) is 0. The first-order valence-electron chi connectivity index (χ1n) is 11.4. The fraction of sp³-hybridized carbons (Fsp3) is 0.720. The SMILES string of the molecule is CCCCCCCCCCCC(=O)N1CCSC1c1ccc(C(C)(C)C)cc1. The van der Waals surface area contributed by atoms with E-state index in [9.17, 15) is 4.79 Å².